The molecule has 2 N–H and O–H groups in total. The fourth-order valence-electron chi connectivity index (χ4n) is 7.61. The minimum atomic E-state index is -1.22. The Kier molecular flexibility index (Phi) is 11.8. The highest BCUT2D eigenvalue weighted by molar-refractivity contribution is 5.98. The monoisotopic (exact) mass is 637 g/mol. The standard InChI is InChI=1S/C36H51N3O7/c1-7-10-17-29(41)37-21-28(25-15-12-11-13-16-25)45-35(44)30-27-18-19-36(46-27)31(30)33(42)39(26(22-40)23(4)5)32(36)34(43)38(20-9-3)24(6)14-8-2/h7,9,11-13,15-16,23-24,26-28,30-32,40H,1,3,8,10,14,17-22H2,2,4-6H3,(H,37,41)/t24?,26-,27-,28+,30+,31+,32-,36+/m0/s1. The van der Waals surface area contributed by atoms with Gasteiger partial charge >= 0.3 is 5.97 Å². The lowest BCUT2D eigenvalue weighted by atomic mass is 9.70. The molecule has 1 unspecified atom stereocenters. The molecule has 46 heavy (non-hydrogen) atoms. The van der Waals surface area contributed by atoms with E-state index in [1.807, 2.05) is 51.1 Å². The molecule has 0 aliphatic carbocycles. The van der Waals surface area contributed by atoms with Gasteiger partial charge in [0.15, 0.2) is 0 Å². The molecular weight excluding hydrogens is 586 g/mol. The maximum absolute atomic E-state index is 14.6. The Balaban J connectivity index is 1.69. The van der Waals surface area contributed by atoms with Crippen LogP contribution in [0, 0.1) is 17.8 Å². The van der Waals surface area contributed by atoms with Gasteiger partial charge in [0, 0.05) is 19.0 Å². The third-order valence-corrected chi connectivity index (χ3v) is 9.90. The van der Waals surface area contributed by atoms with Gasteiger partial charge in [0.1, 0.15) is 17.7 Å². The van der Waals surface area contributed by atoms with Gasteiger partial charge in [-0.2, -0.15) is 0 Å². The summed E-state index contributed by atoms with van der Waals surface area (Å²) in [4.78, 5) is 59.0. The van der Waals surface area contributed by atoms with Crippen LogP contribution in [0.3, 0.4) is 0 Å². The number of hydrogen-bond acceptors (Lipinski definition) is 7. The lowest BCUT2D eigenvalue weighted by molar-refractivity contribution is -0.161. The van der Waals surface area contributed by atoms with E-state index in [1.54, 1.807) is 17.1 Å². The highest BCUT2D eigenvalue weighted by atomic mass is 16.6. The second kappa shape index (κ2) is 15.4. The third kappa shape index (κ3) is 6.79. The number of allylic oxidation sites excluding steroid dienone is 1. The molecule has 252 valence electrons. The van der Waals surface area contributed by atoms with Gasteiger partial charge < -0.3 is 29.7 Å². The molecule has 1 aromatic carbocycles. The third-order valence-electron chi connectivity index (χ3n) is 9.90. The van der Waals surface area contributed by atoms with Crippen LogP contribution in [-0.2, 0) is 28.7 Å². The number of nitrogens with one attached hydrogen (secondary N) is 1. The quantitative estimate of drug-likeness (QED) is 0.196. The SMILES string of the molecule is C=CCCC(=O)NC[C@@H](OC(=O)[C@@H]1[C@@H]2CC[C@]3(O2)[C@H](C(=O)N(CC=C)C(C)CCC)N([C@@H](CO)C(C)C)C(=O)[C@@H]13)c1ccccc1. The minimum Gasteiger partial charge on any atom is -0.455 e. The van der Waals surface area contributed by atoms with Crippen molar-refractivity contribution >= 4 is 23.7 Å². The number of hydrogen-bond donors (Lipinski definition) is 2. The van der Waals surface area contributed by atoms with Crippen molar-refractivity contribution in [2.45, 2.75) is 102 Å². The van der Waals surface area contributed by atoms with Gasteiger partial charge in [0.05, 0.1) is 37.1 Å². The molecule has 3 saturated heterocycles. The second-order valence-corrected chi connectivity index (χ2v) is 13.2. The lowest BCUT2D eigenvalue weighted by Crippen LogP contribution is -2.60. The van der Waals surface area contributed by atoms with Gasteiger partial charge in [-0.15, -0.1) is 13.2 Å². The number of likely N-dealkylation sites (tertiary alicyclic amines) is 1. The molecule has 3 aliphatic heterocycles. The van der Waals surface area contributed by atoms with Crippen molar-refractivity contribution in [3.05, 3.63) is 61.2 Å². The van der Waals surface area contributed by atoms with E-state index in [0.29, 0.717) is 31.4 Å². The van der Waals surface area contributed by atoms with E-state index in [-0.39, 0.29) is 49.3 Å². The van der Waals surface area contributed by atoms with Gasteiger partial charge in [-0.1, -0.05) is 69.7 Å². The van der Waals surface area contributed by atoms with Crippen LogP contribution < -0.4 is 5.32 Å². The van der Waals surface area contributed by atoms with Crippen LogP contribution >= 0.6 is 0 Å². The molecule has 3 aliphatic rings. The first kappa shape index (κ1) is 35.4. The lowest BCUT2D eigenvalue weighted by Gasteiger charge is -2.41. The average molecular weight is 638 g/mol. The summed E-state index contributed by atoms with van der Waals surface area (Å²) in [7, 11) is 0. The van der Waals surface area contributed by atoms with Crippen molar-refractivity contribution in [1.29, 1.82) is 0 Å². The van der Waals surface area contributed by atoms with Crippen molar-refractivity contribution in [3.63, 3.8) is 0 Å². The summed E-state index contributed by atoms with van der Waals surface area (Å²) in [6.07, 6.45) is 5.33. The Morgan fingerprint density at radius 2 is 1.91 bits per heavy atom. The summed E-state index contributed by atoms with van der Waals surface area (Å²) < 4.78 is 12.7. The number of benzene rings is 1. The average Bonchev–Trinajstić information content (AvgIpc) is 3.68. The predicted octanol–water partition coefficient (Wildman–Crippen LogP) is 3.95. The van der Waals surface area contributed by atoms with Crippen LogP contribution in [0.5, 0.6) is 0 Å². The fourth-order valence-corrected chi connectivity index (χ4v) is 7.61. The summed E-state index contributed by atoms with van der Waals surface area (Å²) in [5.41, 5.74) is -0.520. The van der Waals surface area contributed by atoms with Crippen molar-refractivity contribution in [2.75, 3.05) is 19.7 Å². The highest BCUT2D eigenvalue weighted by Crippen LogP contribution is 2.59. The second-order valence-electron chi connectivity index (χ2n) is 13.2. The molecule has 3 heterocycles. The minimum absolute atomic E-state index is 0.0622. The van der Waals surface area contributed by atoms with E-state index < -0.39 is 47.7 Å². The van der Waals surface area contributed by atoms with Gasteiger partial charge in [-0.25, -0.2) is 0 Å². The Labute approximate surface area is 273 Å². The first-order chi connectivity index (χ1) is 22.1. The zero-order valence-electron chi connectivity index (χ0n) is 27.7. The zero-order chi connectivity index (χ0) is 33.6. The molecule has 0 radical (unpaired) electrons. The molecule has 0 aromatic heterocycles. The van der Waals surface area contributed by atoms with Crippen LogP contribution in [0.4, 0.5) is 0 Å². The number of amides is 3. The summed E-state index contributed by atoms with van der Waals surface area (Å²) in [6, 6.07) is 7.40. The van der Waals surface area contributed by atoms with Gasteiger partial charge in [0.2, 0.25) is 17.7 Å². The fraction of sp³-hybridized carbons (Fsp3) is 0.611. The molecule has 10 nitrogen and oxygen atoms in total. The number of ether oxygens (including phenoxy) is 2. The number of rotatable bonds is 17. The molecule has 3 amide bonds. The topological polar surface area (TPSA) is 125 Å². The van der Waals surface area contributed by atoms with Crippen molar-refractivity contribution in [1.82, 2.24) is 15.1 Å². The number of nitrogens with zero attached hydrogens (tertiary/aromatic N) is 2. The number of carbonyl (C=O) groups is 4. The van der Waals surface area contributed by atoms with E-state index >= 15 is 0 Å². The van der Waals surface area contributed by atoms with Crippen LogP contribution in [0.2, 0.25) is 0 Å². The summed E-state index contributed by atoms with van der Waals surface area (Å²) in [5.74, 6) is -3.44. The Bertz CT molecular complexity index is 1270. The van der Waals surface area contributed by atoms with Crippen LogP contribution in [0.15, 0.2) is 55.6 Å². The van der Waals surface area contributed by atoms with Crippen LogP contribution in [-0.4, -0.2) is 88.1 Å². The molecule has 2 bridgehead atoms. The number of carbonyl (C=O) groups excluding carboxylic acids is 4. The van der Waals surface area contributed by atoms with Gasteiger partial charge in [-0.05, 0) is 44.1 Å². The molecule has 10 heteroatoms. The number of aliphatic hydroxyl groups is 1. The smallest absolute Gasteiger partial charge is 0.313 e. The maximum atomic E-state index is 14.6. The van der Waals surface area contributed by atoms with E-state index in [0.717, 1.165) is 12.8 Å². The molecule has 8 atom stereocenters. The summed E-state index contributed by atoms with van der Waals surface area (Å²) in [5, 5.41) is 13.4. The van der Waals surface area contributed by atoms with E-state index in [2.05, 4.69) is 25.4 Å². The number of esters is 1. The first-order valence-electron chi connectivity index (χ1n) is 16.7. The molecular formula is C36H51N3O7. The Hall–Kier alpha value is -3.50. The largest absolute Gasteiger partial charge is 0.455 e. The number of aliphatic hydroxyl groups excluding tert-OH is 1. The molecule has 4 rings (SSSR count). The van der Waals surface area contributed by atoms with Crippen molar-refractivity contribution in [3.8, 4) is 0 Å². The molecule has 0 saturated carbocycles. The van der Waals surface area contributed by atoms with Gasteiger partial charge in [-0.3, -0.25) is 19.2 Å². The maximum Gasteiger partial charge on any atom is 0.313 e. The van der Waals surface area contributed by atoms with Gasteiger partial charge in [0.25, 0.3) is 0 Å². The predicted molar refractivity (Wildman–Crippen MR) is 174 cm³/mol. The normalized spacial score (nSPS) is 26.7. The Morgan fingerprint density at radius 1 is 1.20 bits per heavy atom. The summed E-state index contributed by atoms with van der Waals surface area (Å²) >= 11 is 0. The van der Waals surface area contributed by atoms with Crippen molar-refractivity contribution in [2.24, 2.45) is 17.8 Å². The number of fused-ring (bicyclic) bond motifs is 1. The summed E-state index contributed by atoms with van der Waals surface area (Å²) in [6.45, 7) is 15.4. The van der Waals surface area contributed by atoms with E-state index in [4.69, 9.17) is 9.47 Å². The molecule has 1 spiro atoms. The van der Waals surface area contributed by atoms with Crippen LogP contribution in [0.1, 0.15) is 77.9 Å². The zero-order valence-corrected chi connectivity index (χ0v) is 27.7. The molecule has 1 aromatic rings. The Morgan fingerprint density at radius 3 is 2.52 bits per heavy atom. The van der Waals surface area contributed by atoms with Crippen molar-refractivity contribution < 1.29 is 33.8 Å². The van der Waals surface area contributed by atoms with E-state index in [1.165, 1.54) is 4.90 Å². The first-order valence-corrected chi connectivity index (χ1v) is 16.7. The van der Waals surface area contributed by atoms with E-state index in [9.17, 15) is 24.3 Å². The van der Waals surface area contributed by atoms with Crippen LogP contribution in [0.25, 0.3) is 0 Å². The molecule has 3 fully saturated rings. The highest BCUT2D eigenvalue weighted by Gasteiger charge is 2.76.